The molecular weight excluding hydrogens is 242 g/mol. The van der Waals surface area contributed by atoms with Gasteiger partial charge in [0, 0.05) is 0 Å². The predicted molar refractivity (Wildman–Crippen MR) is 93.4 cm³/mol. The average Bonchev–Trinajstić information content (AvgIpc) is 2.41. The van der Waals surface area contributed by atoms with Gasteiger partial charge in [-0.25, -0.2) is 0 Å². The standard InChI is InChI=1S/C19H41N/c1-5-7-8-9-10-11-12-13-14-15-16-19(3,4)17-18-20-6-2/h20H,5-18H2,1-4H3. The first-order chi connectivity index (χ1) is 9.62. The van der Waals surface area contributed by atoms with Crippen LogP contribution in [-0.4, -0.2) is 13.1 Å². The van der Waals surface area contributed by atoms with E-state index in [0.29, 0.717) is 5.41 Å². The van der Waals surface area contributed by atoms with Gasteiger partial charge in [0.15, 0.2) is 0 Å². The van der Waals surface area contributed by atoms with Crippen molar-refractivity contribution in [1.82, 2.24) is 5.32 Å². The lowest BCUT2D eigenvalue weighted by molar-refractivity contribution is 0.290. The van der Waals surface area contributed by atoms with Crippen molar-refractivity contribution in [3.05, 3.63) is 0 Å². The van der Waals surface area contributed by atoms with Crippen LogP contribution < -0.4 is 5.32 Å². The van der Waals surface area contributed by atoms with Crippen molar-refractivity contribution in [2.45, 2.75) is 105 Å². The van der Waals surface area contributed by atoms with Crippen LogP contribution in [0.1, 0.15) is 105 Å². The molecule has 0 heterocycles. The molecule has 0 unspecified atom stereocenters. The van der Waals surface area contributed by atoms with E-state index in [1.54, 1.807) is 0 Å². The Bertz CT molecular complexity index is 186. The number of nitrogens with one attached hydrogen (secondary N) is 1. The van der Waals surface area contributed by atoms with Gasteiger partial charge >= 0.3 is 0 Å². The van der Waals surface area contributed by atoms with Crippen LogP contribution in [0.2, 0.25) is 0 Å². The molecule has 1 N–H and O–H groups in total. The number of hydrogen-bond acceptors (Lipinski definition) is 1. The summed E-state index contributed by atoms with van der Waals surface area (Å²) in [6.07, 6.45) is 17.2. The van der Waals surface area contributed by atoms with Crippen molar-refractivity contribution < 1.29 is 0 Å². The lowest BCUT2D eigenvalue weighted by Gasteiger charge is -2.24. The van der Waals surface area contributed by atoms with Gasteiger partial charge in [-0.15, -0.1) is 0 Å². The molecular formula is C19H41N. The van der Waals surface area contributed by atoms with Gasteiger partial charge in [0.25, 0.3) is 0 Å². The molecule has 0 bridgehead atoms. The van der Waals surface area contributed by atoms with Crippen LogP contribution >= 0.6 is 0 Å². The summed E-state index contributed by atoms with van der Waals surface area (Å²) in [6.45, 7) is 11.6. The van der Waals surface area contributed by atoms with Gasteiger partial charge in [0.05, 0.1) is 0 Å². The van der Waals surface area contributed by atoms with E-state index in [-0.39, 0.29) is 0 Å². The lowest BCUT2D eigenvalue weighted by atomic mass is 9.83. The summed E-state index contributed by atoms with van der Waals surface area (Å²) in [5, 5.41) is 3.44. The fourth-order valence-corrected chi connectivity index (χ4v) is 2.82. The minimum Gasteiger partial charge on any atom is -0.317 e. The third-order valence-corrected chi connectivity index (χ3v) is 4.44. The summed E-state index contributed by atoms with van der Waals surface area (Å²) in [7, 11) is 0. The highest BCUT2D eigenvalue weighted by molar-refractivity contribution is 4.69. The van der Waals surface area contributed by atoms with Crippen LogP contribution in [0.3, 0.4) is 0 Å². The van der Waals surface area contributed by atoms with Gasteiger partial charge in [0.1, 0.15) is 0 Å². The van der Waals surface area contributed by atoms with E-state index in [9.17, 15) is 0 Å². The molecule has 0 aromatic rings. The quantitative estimate of drug-likeness (QED) is 0.347. The lowest BCUT2D eigenvalue weighted by Crippen LogP contribution is -2.22. The van der Waals surface area contributed by atoms with E-state index in [0.717, 1.165) is 6.54 Å². The van der Waals surface area contributed by atoms with E-state index >= 15 is 0 Å². The van der Waals surface area contributed by atoms with Gasteiger partial charge in [-0.3, -0.25) is 0 Å². The third-order valence-electron chi connectivity index (χ3n) is 4.44. The molecule has 0 aromatic carbocycles. The van der Waals surface area contributed by atoms with Crippen molar-refractivity contribution in [2.24, 2.45) is 5.41 Å². The molecule has 0 aliphatic carbocycles. The van der Waals surface area contributed by atoms with E-state index < -0.39 is 0 Å². The molecule has 0 spiro atoms. The maximum Gasteiger partial charge on any atom is -0.00439 e. The summed E-state index contributed by atoms with van der Waals surface area (Å²) in [6, 6.07) is 0. The Kier molecular flexibility index (Phi) is 13.9. The third kappa shape index (κ3) is 14.4. The second-order valence-corrected chi connectivity index (χ2v) is 7.20. The van der Waals surface area contributed by atoms with Crippen molar-refractivity contribution in [2.75, 3.05) is 13.1 Å². The summed E-state index contributed by atoms with van der Waals surface area (Å²) in [5.74, 6) is 0. The summed E-state index contributed by atoms with van der Waals surface area (Å²) in [4.78, 5) is 0. The first-order valence-electron chi connectivity index (χ1n) is 9.33. The summed E-state index contributed by atoms with van der Waals surface area (Å²) >= 11 is 0. The number of rotatable bonds is 15. The highest BCUT2D eigenvalue weighted by Crippen LogP contribution is 2.27. The van der Waals surface area contributed by atoms with E-state index in [4.69, 9.17) is 0 Å². The number of hydrogen-bond donors (Lipinski definition) is 1. The molecule has 0 aliphatic heterocycles. The van der Waals surface area contributed by atoms with Gasteiger partial charge in [-0.2, -0.15) is 0 Å². The molecule has 0 aliphatic rings. The van der Waals surface area contributed by atoms with E-state index in [1.807, 2.05) is 0 Å². The Hall–Kier alpha value is -0.0400. The van der Waals surface area contributed by atoms with Crippen molar-refractivity contribution in [3.8, 4) is 0 Å². The van der Waals surface area contributed by atoms with E-state index in [1.165, 1.54) is 83.6 Å². The maximum atomic E-state index is 3.44. The highest BCUT2D eigenvalue weighted by atomic mass is 14.8. The fourth-order valence-electron chi connectivity index (χ4n) is 2.82. The topological polar surface area (TPSA) is 12.0 Å². The highest BCUT2D eigenvalue weighted by Gasteiger charge is 2.16. The van der Waals surface area contributed by atoms with Crippen molar-refractivity contribution in [1.29, 1.82) is 0 Å². The van der Waals surface area contributed by atoms with Crippen molar-refractivity contribution >= 4 is 0 Å². The molecule has 0 saturated heterocycles. The van der Waals surface area contributed by atoms with Crippen LogP contribution in [0.4, 0.5) is 0 Å². The van der Waals surface area contributed by atoms with Gasteiger partial charge in [-0.05, 0) is 31.3 Å². The minimum absolute atomic E-state index is 0.530. The molecule has 0 amide bonds. The molecule has 20 heavy (non-hydrogen) atoms. The van der Waals surface area contributed by atoms with E-state index in [2.05, 4.69) is 33.0 Å². The van der Waals surface area contributed by atoms with Gasteiger partial charge in [-0.1, -0.05) is 91.9 Å². The smallest absolute Gasteiger partial charge is 0.00439 e. The molecule has 0 atom stereocenters. The van der Waals surface area contributed by atoms with Crippen LogP contribution in [-0.2, 0) is 0 Å². The molecule has 0 radical (unpaired) electrons. The summed E-state index contributed by atoms with van der Waals surface area (Å²) < 4.78 is 0. The number of unbranched alkanes of at least 4 members (excludes halogenated alkanes) is 9. The van der Waals surface area contributed by atoms with Crippen LogP contribution in [0.5, 0.6) is 0 Å². The normalized spacial score (nSPS) is 12.0. The van der Waals surface area contributed by atoms with Gasteiger partial charge < -0.3 is 5.32 Å². The summed E-state index contributed by atoms with van der Waals surface area (Å²) in [5.41, 5.74) is 0.530. The molecule has 1 nitrogen and oxygen atoms in total. The second-order valence-electron chi connectivity index (χ2n) is 7.20. The zero-order valence-corrected chi connectivity index (χ0v) is 14.9. The molecule has 0 rings (SSSR count). The zero-order valence-electron chi connectivity index (χ0n) is 14.9. The first-order valence-corrected chi connectivity index (χ1v) is 9.33. The Morgan fingerprint density at radius 3 is 1.65 bits per heavy atom. The Morgan fingerprint density at radius 2 is 1.15 bits per heavy atom. The van der Waals surface area contributed by atoms with Gasteiger partial charge in [0.2, 0.25) is 0 Å². The Morgan fingerprint density at radius 1 is 0.650 bits per heavy atom. The van der Waals surface area contributed by atoms with Crippen LogP contribution in [0, 0.1) is 5.41 Å². The Labute approximate surface area is 129 Å². The average molecular weight is 284 g/mol. The maximum absolute atomic E-state index is 3.44. The largest absolute Gasteiger partial charge is 0.317 e. The van der Waals surface area contributed by atoms with Crippen LogP contribution in [0.25, 0.3) is 0 Å². The van der Waals surface area contributed by atoms with Crippen LogP contribution in [0.15, 0.2) is 0 Å². The monoisotopic (exact) mass is 283 g/mol. The minimum atomic E-state index is 0.530. The SMILES string of the molecule is CCCCCCCCCCCCC(C)(C)CCNCC. The van der Waals surface area contributed by atoms with Crippen molar-refractivity contribution in [3.63, 3.8) is 0 Å². The molecule has 0 aromatic heterocycles. The molecule has 1 heteroatoms. The zero-order chi connectivity index (χ0) is 15.1. The molecule has 0 saturated carbocycles. The fraction of sp³-hybridized carbons (Fsp3) is 1.00. The Balaban J connectivity index is 3.25. The molecule has 0 fully saturated rings. The first kappa shape index (κ1) is 20.0. The molecule has 122 valence electrons. The predicted octanol–water partition coefficient (Wildman–Crippen LogP) is 6.32. The second kappa shape index (κ2) is 13.9.